The van der Waals surface area contributed by atoms with Gasteiger partial charge < -0.3 is 25.9 Å². The molecule has 0 radical (unpaired) electrons. The maximum Gasteiger partial charge on any atom is 0.321 e. The summed E-state index contributed by atoms with van der Waals surface area (Å²) < 4.78 is 0. The number of carboxylic acids is 1. The molecule has 3 atom stereocenters. The zero-order valence-electron chi connectivity index (χ0n) is 14.7. The first-order chi connectivity index (χ1) is 12.8. The van der Waals surface area contributed by atoms with Crippen LogP contribution in [-0.2, 0) is 20.8 Å². The number of hydrogen-bond donors (Lipinski definition) is 4. The van der Waals surface area contributed by atoms with Gasteiger partial charge in [0.2, 0.25) is 0 Å². The molecule has 0 bridgehead atoms. The summed E-state index contributed by atoms with van der Waals surface area (Å²) in [6, 6.07) is 10.3. The first-order valence-corrected chi connectivity index (χ1v) is 8.33. The van der Waals surface area contributed by atoms with Gasteiger partial charge in [-0.2, -0.15) is 0 Å². The number of H-pyrrole nitrogens is 1. The van der Waals surface area contributed by atoms with Crippen molar-refractivity contribution >= 4 is 23.9 Å². The lowest BCUT2D eigenvalue weighted by atomic mass is 9.93. The molecule has 0 saturated carbocycles. The number of aldehydes is 1. The highest BCUT2D eigenvalue weighted by Crippen LogP contribution is 2.10. The number of benzene rings is 1. The molecule has 0 aliphatic rings. The van der Waals surface area contributed by atoms with Crippen LogP contribution in [-0.4, -0.2) is 46.1 Å². The van der Waals surface area contributed by atoms with Crippen LogP contribution in [0.1, 0.15) is 28.7 Å². The SMILES string of the molecule is C[C@H](NC(=O)c1ccc(Cc2ccccc2)[nH]1)C(=O)[C@H](C=O)C(N)C(=O)O. The van der Waals surface area contributed by atoms with Crippen molar-refractivity contribution in [3.8, 4) is 0 Å². The minimum absolute atomic E-state index is 0.191. The molecule has 1 aromatic carbocycles. The molecule has 1 aromatic heterocycles. The fourth-order valence-electron chi connectivity index (χ4n) is 2.61. The van der Waals surface area contributed by atoms with E-state index in [9.17, 15) is 19.2 Å². The van der Waals surface area contributed by atoms with Crippen molar-refractivity contribution < 1.29 is 24.3 Å². The number of aromatic nitrogens is 1. The quantitative estimate of drug-likeness (QED) is 0.374. The molecular weight excluding hydrogens is 350 g/mol. The Kier molecular flexibility index (Phi) is 6.62. The van der Waals surface area contributed by atoms with Crippen LogP contribution < -0.4 is 11.1 Å². The van der Waals surface area contributed by atoms with Crippen molar-refractivity contribution in [2.75, 3.05) is 0 Å². The number of carbonyl (C=O) groups excluding carboxylic acids is 3. The molecular formula is C19H21N3O5. The number of ketones is 1. The molecule has 0 spiro atoms. The third kappa shape index (κ3) is 5.11. The topological polar surface area (TPSA) is 142 Å². The molecule has 1 amide bonds. The Morgan fingerprint density at radius 3 is 2.44 bits per heavy atom. The molecule has 27 heavy (non-hydrogen) atoms. The summed E-state index contributed by atoms with van der Waals surface area (Å²) in [4.78, 5) is 49.5. The number of nitrogens with two attached hydrogens (primary N) is 1. The van der Waals surface area contributed by atoms with Gasteiger partial charge in [-0.1, -0.05) is 30.3 Å². The average molecular weight is 371 g/mol. The van der Waals surface area contributed by atoms with Crippen LogP contribution in [0.4, 0.5) is 0 Å². The molecule has 142 valence electrons. The van der Waals surface area contributed by atoms with Gasteiger partial charge in [0.25, 0.3) is 5.91 Å². The van der Waals surface area contributed by atoms with Crippen LogP contribution in [0.2, 0.25) is 0 Å². The van der Waals surface area contributed by atoms with Gasteiger partial charge in [0.15, 0.2) is 5.78 Å². The number of aromatic amines is 1. The third-order valence-electron chi connectivity index (χ3n) is 4.15. The van der Waals surface area contributed by atoms with E-state index >= 15 is 0 Å². The first kappa shape index (κ1) is 20.1. The van der Waals surface area contributed by atoms with E-state index in [-0.39, 0.29) is 12.0 Å². The zero-order valence-corrected chi connectivity index (χ0v) is 14.7. The number of rotatable bonds is 9. The Bertz CT molecular complexity index is 831. The number of carbonyl (C=O) groups is 4. The van der Waals surface area contributed by atoms with E-state index in [0.29, 0.717) is 6.42 Å². The number of hydrogen-bond acceptors (Lipinski definition) is 5. The Balaban J connectivity index is 2.01. The van der Waals surface area contributed by atoms with Crippen LogP contribution in [0.5, 0.6) is 0 Å². The van der Waals surface area contributed by atoms with Gasteiger partial charge in [-0.3, -0.25) is 14.4 Å². The molecule has 0 aliphatic heterocycles. The summed E-state index contributed by atoms with van der Waals surface area (Å²) in [6.45, 7) is 1.37. The van der Waals surface area contributed by atoms with E-state index in [1.54, 1.807) is 12.1 Å². The molecule has 0 saturated heterocycles. The van der Waals surface area contributed by atoms with Crippen LogP contribution in [0.3, 0.4) is 0 Å². The van der Waals surface area contributed by atoms with Gasteiger partial charge in [-0.15, -0.1) is 0 Å². The van der Waals surface area contributed by atoms with Crippen molar-refractivity contribution in [3.63, 3.8) is 0 Å². The molecule has 8 nitrogen and oxygen atoms in total. The summed E-state index contributed by atoms with van der Waals surface area (Å²) in [6.07, 6.45) is 0.805. The van der Waals surface area contributed by atoms with Gasteiger partial charge >= 0.3 is 5.97 Å². The monoisotopic (exact) mass is 371 g/mol. The van der Waals surface area contributed by atoms with E-state index in [1.165, 1.54) is 6.92 Å². The maximum absolute atomic E-state index is 12.3. The predicted molar refractivity (Wildman–Crippen MR) is 97.1 cm³/mol. The summed E-state index contributed by atoms with van der Waals surface area (Å²) >= 11 is 0. The van der Waals surface area contributed by atoms with Gasteiger partial charge in [0.05, 0.1) is 6.04 Å². The van der Waals surface area contributed by atoms with E-state index < -0.39 is 35.7 Å². The maximum atomic E-state index is 12.3. The third-order valence-corrected chi connectivity index (χ3v) is 4.15. The molecule has 5 N–H and O–H groups in total. The highest BCUT2D eigenvalue weighted by Gasteiger charge is 2.33. The van der Waals surface area contributed by atoms with Crippen LogP contribution in [0.15, 0.2) is 42.5 Å². The molecule has 2 aromatic rings. The molecule has 1 heterocycles. The predicted octanol–water partition coefficient (Wildman–Crippen LogP) is 0.520. The lowest BCUT2D eigenvalue weighted by molar-refractivity contribution is -0.144. The van der Waals surface area contributed by atoms with Crippen molar-refractivity contribution in [1.82, 2.24) is 10.3 Å². The van der Waals surface area contributed by atoms with Crippen molar-refractivity contribution in [1.29, 1.82) is 0 Å². The molecule has 1 unspecified atom stereocenters. The van der Waals surface area contributed by atoms with Gasteiger partial charge in [-0.25, -0.2) is 0 Å². The van der Waals surface area contributed by atoms with Crippen molar-refractivity contribution in [2.45, 2.75) is 25.4 Å². The molecule has 0 fully saturated rings. The normalized spacial score (nSPS) is 14.0. The largest absolute Gasteiger partial charge is 0.480 e. The molecule has 8 heteroatoms. The second kappa shape index (κ2) is 8.91. The van der Waals surface area contributed by atoms with E-state index in [4.69, 9.17) is 10.8 Å². The zero-order chi connectivity index (χ0) is 20.0. The van der Waals surface area contributed by atoms with Crippen molar-refractivity contribution in [3.05, 3.63) is 59.4 Å². The fourth-order valence-corrected chi connectivity index (χ4v) is 2.61. The van der Waals surface area contributed by atoms with Crippen molar-refractivity contribution in [2.24, 2.45) is 11.7 Å². The van der Waals surface area contributed by atoms with E-state index in [2.05, 4.69) is 10.3 Å². The Labute approximate surface area is 155 Å². The van der Waals surface area contributed by atoms with Gasteiger partial charge in [-0.05, 0) is 24.6 Å². The van der Waals surface area contributed by atoms with Gasteiger partial charge in [0.1, 0.15) is 23.9 Å². The minimum atomic E-state index is -1.66. The van der Waals surface area contributed by atoms with Crippen LogP contribution in [0.25, 0.3) is 0 Å². The standard InChI is InChI=1S/C19H21N3O5/c1-11(17(24)14(10-23)16(20)19(26)27)21-18(25)15-8-7-13(22-15)9-12-5-3-2-4-6-12/h2-8,10-11,14,16,22H,9,20H2,1H3,(H,21,25)(H,26,27)/t11-,14+,16?/m0/s1. The molecule has 2 rings (SSSR count). The lowest BCUT2D eigenvalue weighted by Crippen LogP contribution is -2.50. The Morgan fingerprint density at radius 2 is 1.85 bits per heavy atom. The Hall–Kier alpha value is -3.26. The Morgan fingerprint density at radius 1 is 1.19 bits per heavy atom. The highest BCUT2D eigenvalue weighted by atomic mass is 16.4. The van der Waals surface area contributed by atoms with Gasteiger partial charge in [0, 0.05) is 12.1 Å². The minimum Gasteiger partial charge on any atom is -0.480 e. The summed E-state index contributed by atoms with van der Waals surface area (Å²) in [5, 5.41) is 11.3. The number of Topliss-reactive ketones (excluding diaryl/α,β-unsaturated/α-hetero) is 1. The van der Waals surface area contributed by atoms with Crippen LogP contribution >= 0.6 is 0 Å². The summed E-state index contributed by atoms with van der Waals surface area (Å²) in [5.41, 5.74) is 7.51. The first-order valence-electron chi connectivity index (χ1n) is 8.33. The number of amides is 1. The van der Waals surface area contributed by atoms with Crippen LogP contribution in [0, 0.1) is 5.92 Å². The molecule has 0 aliphatic carbocycles. The second-order valence-corrected chi connectivity index (χ2v) is 6.18. The van der Waals surface area contributed by atoms with E-state index in [0.717, 1.165) is 11.3 Å². The number of nitrogens with one attached hydrogen (secondary N) is 2. The smallest absolute Gasteiger partial charge is 0.321 e. The summed E-state index contributed by atoms with van der Waals surface area (Å²) in [5.74, 6) is -4.29. The number of carboxylic acid groups (broad SMARTS) is 1. The second-order valence-electron chi connectivity index (χ2n) is 6.18. The average Bonchev–Trinajstić information content (AvgIpc) is 3.11. The lowest BCUT2D eigenvalue weighted by Gasteiger charge is -2.19. The summed E-state index contributed by atoms with van der Waals surface area (Å²) in [7, 11) is 0. The fraction of sp³-hybridized carbons (Fsp3) is 0.263. The number of aliphatic carboxylic acids is 1. The van der Waals surface area contributed by atoms with E-state index in [1.807, 2.05) is 30.3 Å². The highest BCUT2D eigenvalue weighted by molar-refractivity contribution is 6.03.